The molecule has 5 nitrogen and oxygen atoms in total. The topological polar surface area (TPSA) is 87.2 Å². The van der Waals surface area contributed by atoms with Crippen LogP contribution in [0.5, 0.6) is 0 Å². The summed E-state index contributed by atoms with van der Waals surface area (Å²) in [4.78, 5) is 15.3. The summed E-state index contributed by atoms with van der Waals surface area (Å²) in [6, 6.07) is 20.7. The molecule has 2 N–H and O–H groups in total. The molecule has 8 heteroatoms. The zero-order valence-corrected chi connectivity index (χ0v) is 22.0. The number of ketones is 1. The molecule has 38 heavy (non-hydrogen) atoms. The molecule has 4 aromatic rings. The fourth-order valence-corrected chi connectivity index (χ4v) is 7.61. The Morgan fingerprint density at radius 1 is 0.921 bits per heavy atom. The summed E-state index contributed by atoms with van der Waals surface area (Å²) < 4.78 is 57.5. The second kappa shape index (κ2) is 9.43. The molecular weight excluding hydrogens is 508 g/mol. The van der Waals surface area contributed by atoms with Crippen LogP contribution in [0.3, 0.4) is 0 Å². The summed E-state index contributed by atoms with van der Waals surface area (Å²) in [6.45, 7) is 3.89. The van der Waals surface area contributed by atoms with E-state index < -0.39 is 21.3 Å². The minimum atomic E-state index is -4.08. The van der Waals surface area contributed by atoms with Crippen LogP contribution in [0.15, 0.2) is 72.8 Å². The van der Waals surface area contributed by atoms with Crippen molar-refractivity contribution in [1.82, 2.24) is 4.98 Å². The van der Waals surface area contributed by atoms with Gasteiger partial charge in [0.25, 0.3) is 10.1 Å². The SMILES string of the molecule is CC1(C)C2CCC1(CS(=O)(=O)O)C(=O)C2.Fc1ccc(-c2[nH]c3ccccc3c2-c2ccc(F)cc2)cc1. The van der Waals surface area contributed by atoms with Gasteiger partial charge in [-0.3, -0.25) is 9.35 Å². The Morgan fingerprint density at radius 3 is 2.03 bits per heavy atom. The second-order valence-electron chi connectivity index (χ2n) is 10.8. The van der Waals surface area contributed by atoms with Gasteiger partial charge >= 0.3 is 0 Å². The largest absolute Gasteiger partial charge is 0.354 e. The molecule has 2 saturated carbocycles. The quantitative estimate of drug-likeness (QED) is 0.273. The molecule has 2 bridgehead atoms. The van der Waals surface area contributed by atoms with Gasteiger partial charge in [0.05, 0.1) is 16.9 Å². The van der Waals surface area contributed by atoms with E-state index in [0.717, 1.165) is 39.7 Å². The molecular formula is C30H29F2NO4S. The monoisotopic (exact) mass is 537 g/mol. The van der Waals surface area contributed by atoms with E-state index in [1.165, 1.54) is 24.3 Å². The first-order valence-corrected chi connectivity index (χ1v) is 14.1. The van der Waals surface area contributed by atoms with Gasteiger partial charge in [-0.05, 0) is 77.8 Å². The van der Waals surface area contributed by atoms with E-state index >= 15 is 0 Å². The molecule has 2 atom stereocenters. The van der Waals surface area contributed by atoms with Gasteiger partial charge in [0.1, 0.15) is 17.4 Å². The lowest BCUT2D eigenvalue weighted by molar-refractivity contribution is -0.128. The lowest BCUT2D eigenvalue weighted by Crippen LogP contribution is -2.42. The molecule has 2 fully saturated rings. The van der Waals surface area contributed by atoms with Crippen molar-refractivity contribution in [3.8, 4) is 22.4 Å². The van der Waals surface area contributed by atoms with E-state index in [1.807, 2.05) is 38.1 Å². The first-order chi connectivity index (χ1) is 17.9. The van der Waals surface area contributed by atoms with Crippen LogP contribution in [-0.4, -0.2) is 29.5 Å². The van der Waals surface area contributed by atoms with Crippen LogP contribution in [0.25, 0.3) is 33.3 Å². The molecule has 0 spiro atoms. The maximum absolute atomic E-state index is 13.3. The lowest BCUT2D eigenvalue weighted by atomic mass is 9.70. The number of aromatic amines is 1. The highest BCUT2D eigenvalue weighted by atomic mass is 32.2. The molecule has 0 amide bonds. The summed E-state index contributed by atoms with van der Waals surface area (Å²) in [6.07, 6.45) is 1.97. The molecule has 2 unspecified atom stereocenters. The van der Waals surface area contributed by atoms with Crippen LogP contribution in [0.4, 0.5) is 8.78 Å². The van der Waals surface area contributed by atoms with Crippen molar-refractivity contribution in [2.75, 3.05) is 5.75 Å². The third-order valence-corrected chi connectivity index (χ3v) is 9.40. The number of carbonyl (C=O) groups excluding carboxylic acids is 1. The lowest BCUT2D eigenvalue weighted by Gasteiger charge is -2.35. The fourth-order valence-electron chi connectivity index (χ4n) is 6.31. The maximum Gasteiger partial charge on any atom is 0.265 e. The van der Waals surface area contributed by atoms with Crippen molar-refractivity contribution in [1.29, 1.82) is 0 Å². The first-order valence-electron chi connectivity index (χ1n) is 12.5. The first kappa shape index (κ1) is 26.3. The number of halogens is 2. The number of carbonyl (C=O) groups is 1. The van der Waals surface area contributed by atoms with E-state index in [2.05, 4.69) is 4.98 Å². The highest BCUT2D eigenvalue weighted by Gasteiger charge is 2.65. The zero-order chi connectivity index (χ0) is 27.3. The van der Waals surface area contributed by atoms with Crippen molar-refractivity contribution in [3.63, 3.8) is 0 Å². The summed E-state index contributed by atoms with van der Waals surface area (Å²) >= 11 is 0. The van der Waals surface area contributed by atoms with Crippen molar-refractivity contribution < 1.29 is 26.5 Å². The maximum atomic E-state index is 13.3. The van der Waals surface area contributed by atoms with Gasteiger partial charge in [0, 0.05) is 22.9 Å². The Kier molecular flexibility index (Phi) is 6.52. The predicted octanol–water partition coefficient (Wildman–Crippen LogP) is 7.05. The van der Waals surface area contributed by atoms with Gasteiger partial charge in [-0.2, -0.15) is 8.42 Å². The third-order valence-electron chi connectivity index (χ3n) is 8.54. The van der Waals surface area contributed by atoms with Gasteiger partial charge in [-0.15, -0.1) is 0 Å². The Bertz CT molecular complexity index is 1610. The van der Waals surface area contributed by atoms with Gasteiger partial charge in [-0.25, -0.2) is 8.78 Å². The number of hydrogen-bond acceptors (Lipinski definition) is 3. The molecule has 6 rings (SSSR count). The Balaban J connectivity index is 0.000000170. The number of fused-ring (bicyclic) bond motifs is 3. The smallest absolute Gasteiger partial charge is 0.265 e. The standard InChI is InChI=1S/C20H13F2N.C10H16O4S/c21-15-9-5-13(6-10-15)19-17-3-1-2-4-18(17)23-20(19)14-7-11-16(22)12-8-14;1-9(2)7-3-4-10(9,8(11)5-7)6-15(12,13)14/h1-12,23H;7H,3-6H2,1-2H3,(H,12,13,14). The highest BCUT2D eigenvalue weighted by Crippen LogP contribution is 2.64. The van der Waals surface area contributed by atoms with Crippen LogP contribution in [0.1, 0.15) is 33.1 Å². The zero-order valence-electron chi connectivity index (χ0n) is 21.2. The molecule has 1 aromatic heterocycles. The summed E-state index contributed by atoms with van der Waals surface area (Å²) in [7, 11) is -4.08. The van der Waals surface area contributed by atoms with E-state index in [-0.39, 0.29) is 28.8 Å². The molecule has 1 heterocycles. The number of benzene rings is 3. The van der Waals surface area contributed by atoms with Crippen LogP contribution >= 0.6 is 0 Å². The van der Waals surface area contributed by atoms with E-state index in [1.54, 1.807) is 24.3 Å². The normalized spacial score (nSPS) is 21.9. The van der Waals surface area contributed by atoms with Crippen molar-refractivity contribution in [2.45, 2.75) is 33.1 Å². The Morgan fingerprint density at radius 2 is 1.50 bits per heavy atom. The van der Waals surface area contributed by atoms with Gasteiger partial charge in [0.15, 0.2) is 0 Å². The Hall–Kier alpha value is -3.36. The third kappa shape index (κ3) is 4.56. The van der Waals surface area contributed by atoms with Crippen molar-refractivity contribution in [3.05, 3.63) is 84.4 Å². The number of aromatic nitrogens is 1. The van der Waals surface area contributed by atoms with Crippen LogP contribution in [0.2, 0.25) is 0 Å². The summed E-state index contributed by atoms with van der Waals surface area (Å²) in [5.74, 6) is -0.638. The van der Waals surface area contributed by atoms with Crippen LogP contribution in [0, 0.1) is 28.4 Å². The minimum Gasteiger partial charge on any atom is -0.354 e. The molecule has 3 aromatic carbocycles. The molecule has 2 aliphatic rings. The van der Waals surface area contributed by atoms with Gasteiger partial charge in [-0.1, -0.05) is 44.2 Å². The molecule has 0 radical (unpaired) electrons. The Labute approximate surface area is 220 Å². The minimum absolute atomic E-state index is 0.0152. The number of Topliss-reactive ketones (excluding diaryl/α,β-unsaturated/α-hetero) is 1. The van der Waals surface area contributed by atoms with E-state index in [0.29, 0.717) is 12.8 Å². The number of hydrogen-bond donors (Lipinski definition) is 2. The fraction of sp³-hybridized carbons (Fsp3) is 0.300. The van der Waals surface area contributed by atoms with Crippen LogP contribution in [-0.2, 0) is 14.9 Å². The van der Waals surface area contributed by atoms with Crippen molar-refractivity contribution in [2.24, 2.45) is 16.7 Å². The van der Waals surface area contributed by atoms with E-state index in [4.69, 9.17) is 4.55 Å². The molecule has 0 saturated heterocycles. The second-order valence-corrected chi connectivity index (χ2v) is 12.3. The average Bonchev–Trinajstić information content (AvgIpc) is 3.41. The van der Waals surface area contributed by atoms with Crippen LogP contribution < -0.4 is 0 Å². The molecule has 0 aliphatic heterocycles. The van der Waals surface area contributed by atoms with Gasteiger partial charge in [0.2, 0.25) is 0 Å². The highest BCUT2D eigenvalue weighted by molar-refractivity contribution is 7.85. The van der Waals surface area contributed by atoms with Gasteiger partial charge < -0.3 is 4.98 Å². The van der Waals surface area contributed by atoms with Crippen molar-refractivity contribution >= 4 is 26.8 Å². The summed E-state index contributed by atoms with van der Waals surface area (Å²) in [5.41, 5.74) is 3.58. The van der Waals surface area contributed by atoms with E-state index in [9.17, 15) is 22.0 Å². The predicted molar refractivity (Wildman–Crippen MR) is 144 cm³/mol. The number of nitrogens with one attached hydrogen (secondary N) is 1. The summed E-state index contributed by atoms with van der Waals surface area (Å²) in [5, 5.41) is 1.05. The number of para-hydroxylation sites is 1. The number of H-pyrrole nitrogens is 1. The molecule has 2 aliphatic carbocycles. The number of rotatable bonds is 4. The molecule has 198 valence electrons. The average molecular weight is 538 g/mol.